The van der Waals surface area contributed by atoms with Crippen LogP contribution in [-0.2, 0) is 0 Å². The Labute approximate surface area is 94.6 Å². The van der Waals surface area contributed by atoms with Crippen molar-refractivity contribution in [2.24, 2.45) is 0 Å². The molecule has 0 aliphatic rings. The second-order valence-corrected chi connectivity index (χ2v) is 3.95. The highest BCUT2D eigenvalue weighted by Gasteiger charge is 2.11. The molecule has 2 rings (SSSR count). The molecule has 0 saturated heterocycles. The number of hydrogen-bond donors (Lipinski definition) is 2. The molecule has 0 fully saturated rings. The zero-order valence-corrected chi connectivity index (χ0v) is 9.60. The molecular formula is C10H9BrFN3. The quantitative estimate of drug-likeness (QED) is 0.837. The van der Waals surface area contributed by atoms with Crippen molar-refractivity contribution in [1.29, 1.82) is 0 Å². The molecule has 1 aromatic heterocycles. The summed E-state index contributed by atoms with van der Waals surface area (Å²) in [6.45, 7) is 0. The van der Waals surface area contributed by atoms with Gasteiger partial charge in [-0.05, 0) is 12.1 Å². The Balaban J connectivity index is 2.96. The molecule has 0 atom stereocenters. The third kappa shape index (κ3) is 1.52. The number of anilines is 2. The number of nitrogens with zero attached hydrogens (tertiary/aromatic N) is 1. The number of hydrogen-bond acceptors (Lipinski definition) is 3. The summed E-state index contributed by atoms with van der Waals surface area (Å²) >= 11 is 3.35. The van der Waals surface area contributed by atoms with Gasteiger partial charge in [0.05, 0.1) is 17.6 Å². The van der Waals surface area contributed by atoms with Crippen LogP contribution in [0.2, 0.25) is 0 Å². The highest BCUT2D eigenvalue weighted by atomic mass is 79.9. The van der Waals surface area contributed by atoms with Gasteiger partial charge in [0.25, 0.3) is 0 Å². The summed E-state index contributed by atoms with van der Waals surface area (Å²) in [4.78, 5) is 3.98. The summed E-state index contributed by atoms with van der Waals surface area (Å²) < 4.78 is 14.2. The number of nitrogen functional groups attached to an aromatic ring is 1. The first-order valence-corrected chi connectivity index (χ1v) is 5.14. The first-order valence-electron chi connectivity index (χ1n) is 4.35. The number of benzene rings is 1. The monoisotopic (exact) mass is 269 g/mol. The highest BCUT2D eigenvalue weighted by molar-refractivity contribution is 9.10. The van der Waals surface area contributed by atoms with Gasteiger partial charge in [-0.2, -0.15) is 0 Å². The molecule has 0 saturated carbocycles. The molecule has 3 nitrogen and oxygen atoms in total. The van der Waals surface area contributed by atoms with Crippen molar-refractivity contribution in [1.82, 2.24) is 4.98 Å². The van der Waals surface area contributed by atoms with Crippen molar-refractivity contribution >= 4 is 38.2 Å². The van der Waals surface area contributed by atoms with Gasteiger partial charge in [-0.3, -0.25) is 4.98 Å². The molecule has 2 aromatic rings. The van der Waals surface area contributed by atoms with Crippen molar-refractivity contribution in [3.05, 3.63) is 28.6 Å². The van der Waals surface area contributed by atoms with Crippen LogP contribution in [0.25, 0.3) is 10.9 Å². The van der Waals surface area contributed by atoms with Gasteiger partial charge in [0, 0.05) is 16.9 Å². The van der Waals surface area contributed by atoms with E-state index in [2.05, 4.69) is 26.2 Å². The Kier molecular flexibility index (Phi) is 2.48. The maximum atomic E-state index is 13.5. The van der Waals surface area contributed by atoms with Gasteiger partial charge in [0.15, 0.2) is 0 Å². The summed E-state index contributed by atoms with van der Waals surface area (Å²) in [7, 11) is 1.74. The van der Waals surface area contributed by atoms with Crippen LogP contribution in [0.15, 0.2) is 22.8 Å². The molecule has 1 heterocycles. The minimum absolute atomic E-state index is 0.308. The largest absolute Gasteiger partial charge is 0.396 e. The van der Waals surface area contributed by atoms with Gasteiger partial charge in [0.1, 0.15) is 11.3 Å². The molecule has 0 bridgehead atoms. The van der Waals surface area contributed by atoms with Crippen molar-refractivity contribution in [2.75, 3.05) is 18.1 Å². The Hall–Kier alpha value is -1.36. The second kappa shape index (κ2) is 3.66. The predicted molar refractivity (Wildman–Crippen MR) is 63.4 cm³/mol. The lowest BCUT2D eigenvalue weighted by atomic mass is 10.1. The fourth-order valence-corrected chi connectivity index (χ4v) is 2.04. The minimum atomic E-state index is -0.357. The number of nitrogens with two attached hydrogens (primary N) is 1. The van der Waals surface area contributed by atoms with Crippen LogP contribution in [0, 0.1) is 5.82 Å². The van der Waals surface area contributed by atoms with E-state index in [1.54, 1.807) is 13.1 Å². The lowest BCUT2D eigenvalue weighted by Gasteiger charge is -2.10. The predicted octanol–water partition coefficient (Wildman–Crippen LogP) is 2.76. The lowest BCUT2D eigenvalue weighted by Crippen LogP contribution is -1.99. The number of fused-ring (bicyclic) bond motifs is 1. The highest BCUT2D eigenvalue weighted by Crippen LogP contribution is 2.34. The Morgan fingerprint density at radius 2 is 2.20 bits per heavy atom. The van der Waals surface area contributed by atoms with Crippen LogP contribution in [0.4, 0.5) is 15.8 Å². The van der Waals surface area contributed by atoms with Gasteiger partial charge in [-0.15, -0.1) is 0 Å². The molecule has 0 unspecified atom stereocenters. The van der Waals surface area contributed by atoms with Crippen molar-refractivity contribution in [3.63, 3.8) is 0 Å². The number of pyridine rings is 1. The lowest BCUT2D eigenvalue weighted by molar-refractivity contribution is 0.636. The average molecular weight is 270 g/mol. The van der Waals surface area contributed by atoms with E-state index in [0.717, 1.165) is 4.47 Å². The van der Waals surface area contributed by atoms with Crippen LogP contribution >= 0.6 is 15.9 Å². The van der Waals surface area contributed by atoms with Gasteiger partial charge in [-0.1, -0.05) is 15.9 Å². The van der Waals surface area contributed by atoms with Gasteiger partial charge in [0.2, 0.25) is 0 Å². The summed E-state index contributed by atoms with van der Waals surface area (Å²) in [6, 6.07) is 3.01. The van der Waals surface area contributed by atoms with E-state index < -0.39 is 0 Å². The molecule has 3 N–H and O–H groups in total. The molecule has 0 amide bonds. The SMILES string of the molecule is CNc1c(N)cnc2c(F)ccc(Br)c12. The number of nitrogens with one attached hydrogen (secondary N) is 1. The zero-order chi connectivity index (χ0) is 11.0. The van der Waals surface area contributed by atoms with Crippen LogP contribution in [-0.4, -0.2) is 12.0 Å². The number of rotatable bonds is 1. The fraction of sp³-hybridized carbons (Fsp3) is 0.100. The molecule has 5 heteroatoms. The maximum absolute atomic E-state index is 13.5. The van der Waals surface area contributed by atoms with Crippen LogP contribution in [0.5, 0.6) is 0 Å². The van der Waals surface area contributed by atoms with E-state index in [4.69, 9.17) is 5.73 Å². The van der Waals surface area contributed by atoms with Crippen LogP contribution < -0.4 is 11.1 Å². The topological polar surface area (TPSA) is 50.9 Å². The van der Waals surface area contributed by atoms with E-state index in [1.165, 1.54) is 12.3 Å². The standard InChI is InChI=1S/C10H9BrFN3/c1-14-10-7(13)4-15-9-6(12)3-2-5(11)8(9)10/h2-4H,13H2,1H3,(H,14,15). The first-order chi connectivity index (χ1) is 7.15. The van der Waals surface area contributed by atoms with E-state index >= 15 is 0 Å². The molecule has 0 spiro atoms. The molecule has 1 aromatic carbocycles. The molecule has 15 heavy (non-hydrogen) atoms. The van der Waals surface area contributed by atoms with E-state index in [-0.39, 0.29) is 5.82 Å². The average Bonchev–Trinajstić information content (AvgIpc) is 2.23. The first kappa shape index (κ1) is 10.2. The molecule has 78 valence electrons. The summed E-state index contributed by atoms with van der Waals surface area (Å²) in [6.07, 6.45) is 1.45. The van der Waals surface area contributed by atoms with E-state index in [9.17, 15) is 4.39 Å². The summed E-state index contributed by atoms with van der Waals surface area (Å²) in [5.41, 5.74) is 7.24. The van der Waals surface area contributed by atoms with Gasteiger partial charge in [-0.25, -0.2) is 4.39 Å². The van der Waals surface area contributed by atoms with Gasteiger partial charge >= 0.3 is 0 Å². The van der Waals surface area contributed by atoms with Crippen molar-refractivity contribution < 1.29 is 4.39 Å². The smallest absolute Gasteiger partial charge is 0.149 e. The Morgan fingerprint density at radius 1 is 1.47 bits per heavy atom. The second-order valence-electron chi connectivity index (χ2n) is 3.09. The number of halogens is 2. The fourth-order valence-electron chi connectivity index (χ4n) is 1.52. The Morgan fingerprint density at radius 3 is 2.87 bits per heavy atom. The maximum Gasteiger partial charge on any atom is 0.149 e. The molecule has 0 aliphatic heterocycles. The zero-order valence-electron chi connectivity index (χ0n) is 8.01. The molecular weight excluding hydrogens is 261 g/mol. The Bertz CT molecular complexity index is 528. The number of aromatic nitrogens is 1. The summed E-state index contributed by atoms with van der Waals surface area (Å²) in [5.74, 6) is -0.357. The third-order valence-electron chi connectivity index (χ3n) is 2.20. The van der Waals surface area contributed by atoms with Crippen LogP contribution in [0.3, 0.4) is 0 Å². The van der Waals surface area contributed by atoms with E-state index in [0.29, 0.717) is 22.3 Å². The van der Waals surface area contributed by atoms with Gasteiger partial charge < -0.3 is 11.1 Å². The van der Waals surface area contributed by atoms with E-state index in [1.807, 2.05) is 0 Å². The summed E-state index contributed by atoms with van der Waals surface area (Å²) in [5, 5.41) is 3.61. The third-order valence-corrected chi connectivity index (χ3v) is 2.86. The molecule has 0 radical (unpaired) electrons. The molecule has 0 aliphatic carbocycles. The normalized spacial score (nSPS) is 10.6. The van der Waals surface area contributed by atoms with Crippen molar-refractivity contribution in [2.45, 2.75) is 0 Å². The van der Waals surface area contributed by atoms with Crippen LogP contribution in [0.1, 0.15) is 0 Å². The minimum Gasteiger partial charge on any atom is -0.396 e. The van der Waals surface area contributed by atoms with Crippen molar-refractivity contribution in [3.8, 4) is 0 Å².